The van der Waals surface area contributed by atoms with Crippen LogP contribution < -0.4 is 11.0 Å². The van der Waals surface area contributed by atoms with Gasteiger partial charge in [0, 0.05) is 41.7 Å². The average Bonchev–Trinajstić information content (AvgIpc) is 2.39. The molecule has 0 saturated heterocycles. The molecule has 0 spiro atoms. The summed E-state index contributed by atoms with van der Waals surface area (Å²) in [5.74, 6) is 0. The lowest BCUT2D eigenvalue weighted by Crippen LogP contribution is -2.30. The van der Waals surface area contributed by atoms with Crippen LogP contribution >= 0.6 is 0 Å². The van der Waals surface area contributed by atoms with Crippen molar-refractivity contribution in [1.82, 2.24) is 9.55 Å². The van der Waals surface area contributed by atoms with Gasteiger partial charge in [0.05, 0.1) is 0 Å². The molecule has 6 heteroatoms. The second kappa shape index (κ2) is 5.38. The number of hydrogen-bond acceptors (Lipinski definition) is 4. The van der Waals surface area contributed by atoms with Crippen molar-refractivity contribution in [3.63, 3.8) is 0 Å². The highest BCUT2D eigenvalue weighted by atomic mass is 16.4. The van der Waals surface area contributed by atoms with Crippen LogP contribution in [-0.4, -0.2) is 26.7 Å². The number of nitrogens with zero attached hydrogens (tertiary/aromatic N) is 2. The quantitative estimate of drug-likeness (QED) is 0.769. The van der Waals surface area contributed by atoms with Gasteiger partial charge in [-0.25, -0.2) is 0 Å². The SMILES string of the molecule is CC(C)n1cc(-c2cncc(B(O)O)c2)ccc1=O. The van der Waals surface area contributed by atoms with E-state index >= 15 is 0 Å². The van der Waals surface area contributed by atoms with E-state index in [1.165, 1.54) is 12.3 Å². The van der Waals surface area contributed by atoms with Crippen LogP contribution in [-0.2, 0) is 0 Å². The lowest BCUT2D eigenvalue weighted by molar-refractivity contribution is 0.425. The number of aromatic nitrogens is 2. The molecule has 2 N–H and O–H groups in total. The standard InChI is InChI=1S/C13H15BN2O3/c1-9(2)16-8-10(3-4-13(16)17)11-5-12(14(18)19)7-15-6-11/h3-9,18-19H,1-2H3. The highest BCUT2D eigenvalue weighted by Crippen LogP contribution is 2.16. The minimum Gasteiger partial charge on any atom is -0.423 e. The highest BCUT2D eigenvalue weighted by Gasteiger charge is 2.12. The van der Waals surface area contributed by atoms with E-state index in [-0.39, 0.29) is 11.6 Å². The van der Waals surface area contributed by atoms with Crippen molar-refractivity contribution in [1.29, 1.82) is 0 Å². The third-order valence-corrected chi connectivity index (χ3v) is 2.89. The second-order valence-electron chi connectivity index (χ2n) is 4.64. The zero-order chi connectivity index (χ0) is 14.0. The van der Waals surface area contributed by atoms with Gasteiger partial charge in [-0.15, -0.1) is 0 Å². The Morgan fingerprint density at radius 1 is 1.21 bits per heavy atom. The van der Waals surface area contributed by atoms with Gasteiger partial charge in [-0.3, -0.25) is 9.78 Å². The molecular formula is C13H15BN2O3. The maximum absolute atomic E-state index is 11.7. The Labute approximate surface area is 111 Å². The minimum atomic E-state index is -1.55. The van der Waals surface area contributed by atoms with Crippen LogP contribution in [0.3, 0.4) is 0 Å². The first-order valence-electron chi connectivity index (χ1n) is 6.02. The van der Waals surface area contributed by atoms with Crippen LogP contribution in [0, 0.1) is 0 Å². The van der Waals surface area contributed by atoms with Gasteiger partial charge in [0.2, 0.25) is 0 Å². The Morgan fingerprint density at radius 3 is 2.58 bits per heavy atom. The van der Waals surface area contributed by atoms with Gasteiger partial charge in [0.15, 0.2) is 0 Å². The van der Waals surface area contributed by atoms with Crippen molar-refractivity contribution in [3.05, 3.63) is 47.1 Å². The second-order valence-corrected chi connectivity index (χ2v) is 4.64. The topological polar surface area (TPSA) is 75.3 Å². The van der Waals surface area contributed by atoms with Crippen LogP contribution in [0.15, 0.2) is 41.6 Å². The molecule has 0 radical (unpaired) electrons. The fourth-order valence-electron chi connectivity index (χ4n) is 1.83. The predicted molar refractivity (Wildman–Crippen MR) is 74.1 cm³/mol. The van der Waals surface area contributed by atoms with Crippen LogP contribution in [0.5, 0.6) is 0 Å². The molecule has 0 atom stereocenters. The Hall–Kier alpha value is -1.92. The predicted octanol–water partition coefficient (Wildman–Crippen LogP) is 0.171. The minimum absolute atomic E-state index is 0.0621. The molecule has 5 nitrogen and oxygen atoms in total. The average molecular weight is 258 g/mol. The van der Waals surface area contributed by atoms with Gasteiger partial charge < -0.3 is 14.6 Å². The van der Waals surface area contributed by atoms with Gasteiger partial charge >= 0.3 is 7.12 Å². The largest absolute Gasteiger partial charge is 0.490 e. The van der Waals surface area contributed by atoms with Gasteiger partial charge in [0.25, 0.3) is 5.56 Å². The summed E-state index contributed by atoms with van der Waals surface area (Å²) >= 11 is 0. The monoisotopic (exact) mass is 258 g/mol. The summed E-state index contributed by atoms with van der Waals surface area (Å²) in [5.41, 5.74) is 1.80. The molecule has 98 valence electrons. The third kappa shape index (κ3) is 2.92. The fourth-order valence-corrected chi connectivity index (χ4v) is 1.83. The van der Waals surface area contributed by atoms with E-state index in [2.05, 4.69) is 4.98 Å². The highest BCUT2D eigenvalue weighted by molar-refractivity contribution is 6.58. The third-order valence-electron chi connectivity index (χ3n) is 2.89. The molecule has 0 fully saturated rings. The van der Waals surface area contributed by atoms with Crippen LogP contribution in [0.2, 0.25) is 0 Å². The van der Waals surface area contributed by atoms with E-state index < -0.39 is 7.12 Å². The molecule has 2 aromatic rings. The van der Waals surface area contributed by atoms with E-state index in [0.29, 0.717) is 5.46 Å². The molecule has 0 aromatic carbocycles. The zero-order valence-electron chi connectivity index (χ0n) is 10.8. The maximum Gasteiger partial charge on any atom is 0.490 e. The van der Waals surface area contributed by atoms with Crippen LogP contribution in [0.25, 0.3) is 11.1 Å². The van der Waals surface area contributed by atoms with Crippen molar-refractivity contribution in [2.75, 3.05) is 0 Å². The molecule has 0 aliphatic rings. The summed E-state index contributed by atoms with van der Waals surface area (Å²) in [7, 11) is -1.55. The normalized spacial score (nSPS) is 10.8. The Kier molecular flexibility index (Phi) is 3.83. The summed E-state index contributed by atoms with van der Waals surface area (Å²) in [4.78, 5) is 15.7. The molecule has 0 unspecified atom stereocenters. The van der Waals surface area contributed by atoms with Gasteiger partial charge in [-0.1, -0.05) is 6.07 Å². The van der Waals surface area contributed by atoms with Crippen molar-refractivity contribution >= 4 is 12.6 Å². The van der Waals surface area contributed by atoms with Crippen molar-refractivity contribution in [3.8, 4) is 11.1 Å². The Bertz CT molecular complexity index is 638. The summed E-state index contributed by atoms with van der Waals surface area (Å²) in [6.07, 6.45) is 4.76. The lowest BCUT2D eigenvalue weighted by Gasteiger charge is -2.12. The first kappa shape index (κ1) is 13.5. The molecule has 0 amide bonds. The Morgan fingerprint density at radius 2 is 1.95 bits per heavy atom. The molecule has 19 heavy (non-hydrogen) atoms. The van der Waals surface area contributed by atoms with Crippen LogP contribution in [0.1, 0.15) is 19.9 Å². The summed E-state index contributed by atoms with van der Waals surface area (Å²) in [6, 6.07) is 4.90. The van der Waals surface area contributed by atoms with Crippen molar-refractivity contribution in [2.24, 2.45) is 0 Å². The van der Waals surface area contributed by atoms with E-state index in [4.69, 9.17) is 10.0 Å². The molecule has 2 aromatic heterocycles. The maximum atomic E-state index is 11.7. The molecule has 2 heterocycles. The number of hydrogen-bond donors (Lipinski definition) is 2. The van der Waals surface area contributed by atoms with Gasteiger partial charge in [-0.2, -0.15) is 0 Å². The van der Waals surface area contributed by atoms with E-state index in [0.717, 1.165) is 11.1 Å². The first-order chi connectivity index (χ1) is 8.99. The lowest BCUT2D eigenvalue weighted by atomic mass is 9.80. The van der Waals surface area contributed by atoms with E-state index in [1.807, 2.05) is 13.8 Å². The first-order valence-corrected chi connectivity index (χ1v) is 6.02. The summed E-state index contributed by atoms with van der Waals surface area (Å²) in [6.45, 7) is 3.86. The molecule has 0 bridgehead atoms. The van der Waals surface area contributed by atoms with Crippen molar-refractivity contribution < 1.29 is 10.0 Å². The Balaban J connectivity index is 2.50. The number of pyridine rings is 2. The fraction of sp³-hybridized carbons (Fsp3) is 0.231. The smallest absolute Gasteiger partial charge is 0.423 e. The van der Waals surface area contributed by atoms with Crippen LogP contribution in [0.4, 0.5) is 0 Å². The number of rotatable bonds is 3. The summed E-state index contributed by atoms with van der Waals surface area (Å²) in [5, 5.41) is 18.3. The zero-order valence-corrected chi connectivity index (χ0v) is 10.8. The van der Waals surface area contributed by atoms with Gasteiger partial charge in [0.1, 0.15) is 0 Å². The molecule has 2 rings (SSSR count). The van der Waals surface area contributed by atoms with Crippen molar-refractivity contribution in [2.45, 2.75) is 19.9 Å². The van der Waals surface area contributed by atoms with E-state index in [9.17, 15) is 4.79 Å². The molecule has 0 saturated carbocycles. The molecule has 0 aliphatic carbocycles. The molecular weight excluding hydrogens is 243 g/mol. The summed E-state index contributed by atoms with van der Waals surface area (Å²) < 4.78 is 1.62. The molecule has 0 aliphatic heterocycles. The van der Waals surface area contributed by atoms with E-state index in [1.54, 1.807) is 29.1 Å². The van der Waals surface area contributed by atoms with Gasteiger partial charge in [-0.05, 0) is 25.5 Å².